The second-order valence-electron chi connectivity index (χ2n) is 6.87. The van der Waals surface area contributed by atoms with E-state index in [1.807, 2.05) is 0 Å². The molecular formula is C18H30N2. The Morgan fingerprint density at radius 1 is 1.15 bits per heavy atom. The molecule has 3 unspecified atom stereocenters. The fourth-order valence-corrected chi connectivity index (χ4v) is 3.38. The molecule has 2 heteroatoms. The van der Waals surface area contributed by atoms with Gasteiger partial charge in [-0.2, -0.15) is 0 Å². The van der Waals surface area contributed by atoms with Crippen LogP contribution in [0.15, 0.2) is 30.3 Å². The lowest BCUT2D eigenvalue weighted by Crippen LogP contribution is -2.38. The molecule has 0 bridgehead atoms. The summed E-state index contributed by atoms with van der Waals surface area (Å²) in [6.07, 6.45) is 1.33. The van der Waals surface area contributed by atoms with Crippen LogP contribution < -0.4 is 5.32 Å². The minimum Gasteiger partial charge on any atom is -0.315 e. The van der Waals surface area contributed by atoms with Crippen molar-refractivity contribution in [2.45, 2.75) is 46.2 Å². The number of benzene rings is 1. The Hall–Kier alpha value is -0.860. The lowest BCUT2D eigenvalue weighted by Gasteiger charge is -2.32. The van der Waals surface area contributed by atoms with E-state index >= 15 is 0 Å². The molecule has 0 amide bonds. The van der Waals surface area contributed by atoms with Gasteiger partial charge >= 0.3 is 0 Å². The van der Waals surface area contributed by atoms with Crippen LogP contribution in [0.5, 0.6) is 0 Å². The largest absolute Gasteiger partial charge is 0.315 e. The van der Waals surface area contributed by atoms with Gasteiger partial charge in [0, 0.05) is 25.2 Å². The normalized spacial score (nSPS) is 25.2. The van der Waals surface area contributed by atoms with Gasteiger partial charge < -0.3 is 5.32 Å². The van der Waals surface area contributed by atoms with Crippen molar-refractivity contribution in [1.82, 2.24) is 10.2 Å². The van der Waals surface area contributed by atoms with E-state index in [9.17, 15) is 0 Å². The van der Waals surface area contributed by atoms with Crippen molar-refractivity contribution in [2.24, 2.45) is 11.8 Å². The fourth-order valence-electron chi connectivity index (χ4n) is 3.38. The molecule has 1 aromatic rings. The van der Waals surface area contributed by atoms with E-state index in [-0.39, 0.29) is 0 Å². The predicted molar refractivity (Wildman–Crippen MR) is 86.8 cm³/mol. The summed E-state index contributed by atoms with van der Waals surface area (Å²) >= 11 is 0. The van der Waals surface area contributed by atoms with Crippen molar-refractivity contribution >= 4 is 0 Å². The number of nitrogens with zero attached hydrogens (tertiary/aromatic N) is 1. The van der Waals surface area contributed by atoms with E-state index in [2.05, 4.69) is 68.2 Å². The summed E-state index contributed by atoms with van der Waals surface area (Å²) in [5.74, 6) is 1.53. The fraction of sp³-hybridized carbons (Fsp3) is 0.667. The zero-order valence-corrected chi connectivity index (χ0v) is 13.5. The molecule has 1 saturated heterocycles. The van der Waals surface area contributed by atoms with Crippen LogP contribution in [-0.4, -0.2) is 30.6 Å². The molecule has 0 saturated carbocycles. The molecule has 1 N–H and O–H groups in total. The van der Waals surface area contributed by atoms with Gasteiger partial charge in [0.15, 0.2) is 0 Å². The van der Waals surface area contributed by atoms with Gasteiger partial charge in [-0.1, -0.05) is 51.1 Å². The van der Waals surface area contributed by atoms with Crippen molar-refractivity contribution in [1.29, 1.82) is 0 Å². The second-order valence-corrected chi connectivity index (χ2v) is 6.87. The SMILES string of the molecule is CC(C)CNCC(c1ccccc1)N1CC(C)CC1C. The Morgan fingerprint density at radius 2 is 1.85 bits per heavy atom. The molecule has 20 heavy (non-hydrogen) atoms. The summed E-state index contributed by atoms with van der Waals surface area (Å²) in [6, 6.07) is 12.2. The molecule has 0 spiro atoms. The summed E-state index contributed by atoms with van der Waals surface area (Å²) in [7, 11) is 0. The molecule has 0 aromatic heterocycles. The molecule has 2 nitrogen and oxygen atoms in total. The highest BCUT2D eigenvalue weighted by molar-refractivity contribution is 5.20. The maximum atomic E-state index is 3.65. The van der Waals surface area contributed by atoms with Gasteiger partial charge in [-0.15, -0.1) is 0 Å². The molecule has 2 rings (SSSR count). The van der Waals surface area contributed by atoms with Crippen molar-refractivity contribution in [2.75, 3.05) is 19.6 Å². The molecule has 1 aliphatic heterocycles. The molecule has 1 aliphatic rings. The van der Waals surface area contributed by atoms with E-state index in [1.165, 1.54) is 18.5 Å². The third-order valence-electron chi connectivity index (χ3n) is 4.31. The highest BCUT2D eigenvalue weighted by atomic mass is 15.2. The van der Waals surface area contributed by atoms with E-state index in [0.717, 1.165) is 19.0 Å². The third-order valence-corrected chi connectivity index (χ3v) is 4.31. The van der Waals surface area contributed by atoms with Crippen LogP contribution in [0.25, 0.3) is 0 Å². The second kappa shape index (κ2) is 7.24. The Labute approximate surface area is 124 Å². The zero-order chi connectivity index (χ0) is 14.5. The van der Waals surface area contributed by atoms with Crippen molar-refractivity contribution in [3.05, 3.63) is 35.9 Å². The molecule has 3 atom stereocenters. The van der Waals surface area contributed by atoms with Crippen LogP contribution in [0.4, 0.5) is 0 Å². The maximum Gasteiger partial charge on any atom is 0.0475 e. The van der Waals surface area contributed by atoms with Crippen LogP contribution in [-0.2, 0) is 0 Å². The predicted octanol–water partition coefficient (Wildman–Crippen LogP) is 3.70. The van der Waals surface area contributed by atoms with Gasteiger partial charge in [-0.3, -0.25) is 4.90 Å². The van der Waals surface area contributed by atoms with Crippen LogP contribution in [0.3, 0.4) is 0 Å². The number of rotatable bonds is 6. The first kappa shape index (κ1) is 15.5. The first-order valence-electron chi connectivity index (χ1n) is 8.09. The van der Waals surface area contributed by atoms with Gasteiger partial charge in [0.25, 0.3) is 0 Å². The average Bonchev–Trinajstić information content (AvgIpc) is 2.74. The first-order chi connectivity index (χ1) is 9.58. The van der Waals surface area contributed by atoms with Crippen molar-refractivity contribution in [3.63, 3.8) is 0 Å². The minimum atomic E-state index is 0.509. The number of hydrogen-bond donors (Lipinski definition) is 1. The number of nitrogens with one attached hydrogen (secondary N) is 1. The summed E-state index contributed by atoms with van der Waals surface area (Å²) in [4.78, 5) is 2.69. The lowest BCUT2D eigenvalue weighted by atomic mass is 10.0. The number of likely N-dealkylation sites (tertiary alicyclic amines) is 1. The Bertz CT molecular complexity index is 388. The molecule has 0 aliphatic carbocycles. The Balaban J connectivity index is 2.08. The molecule has 1 fully saturated rings. The van der Waals surface area contributed by atoms with Gasteiger partial charge in [-0.25, -0.2) is 0 Å². The standard InChI is InChI=1S/C18H30N2/c1-14(2)11-19-12-18(17-8-6-5-7-9-17)20-13-15(3)10-16(20)4/h5-9,14-16,18-19H,10-13H2,1-4H3. The molecular weight excluding hydrogens is 244 g/mol. The molecule has 112 valence electrons. The monoisotopic (exact) mass is 274 g/mol. The highest BCUT2D eigenvalue weighted by Crippen LogP contribution is 2.31. The maximum absolute atomic E-state index is 3.65. The smallest absolute Gasteiger partial charge is 0.0475 e. The quantitative estimate of drug-likeness (QED) is 0.851. The van der Waals surface area contributed by atoms with Crippen LogP contribution in [0, 0.1) is 11.8 Å². The third kappa shape index (κ3) is 4.07. The zero-order valence-electron chi connectivity index (χ0n) is 13.5. The van der Waals surface area contributed by atoms with E-state index < -0.39 is 0 Å². The van der Waals surface area contributed by atoms with Gasteiger partial charge in [0.2, 0.25) is 0 Å². The van der Waals surface area contributed by atoms with Crippen LogP contribution in [0.2, 0.25) is 0 Å². The summed E-state index contributed by atoms with van der Waals surface area (Å²) < 4.78 is 0. The van der Waals surface area contributed by atoms with Gasteiger partial charge in [0.1, 0.15) is 0 Å². The molecule has 0 radical (unpaired) electrons. The first-order valence-corrected chi connectivity index (χ1v) is 8.09. The average molecular weight is 274 g/mol. The number of hydrogen-bond acceptors (Lipinski definition) is 2. The minimum absolute atomic E-state index is 0.509. The van der Waals surface area contributed by atoms with Gasteiger partial charge in [0.05, 0.1) is 0 Å². The van der Waals surface area contributed by atoms with Crippen molar-refractivity contribution < 1.29 is 0 Å². The molecule has 1 heterocycles. The Kier molecular flexibility index (Phi) is 5.62. The summed E-state index contributed by atoms with van der Waals surface area (Å²) in [5.41, 5.74) is 1.45. The topological polar surface area (TPSA) is 15.3 Å². The van der Waals surface area contributed by atoms with Crippen LogP contribution >= 0.6 is 0 Å². The summed E-state index contributed by atoms with van der Waals surface area (Å²) in [6.45, 7) is 12.7. The van der Waals surface area contributed by atoms with Crippen molar-refractivity contribution in [3.8, 4) is 0 Å². The van der Waals surface area contributed by atoms with Crippen LogP contribution in [0.1, 0.15) is 45.7 Å². The Morgan fingerprint density at radius 3 is 2.40 bits per heavy atom. The van der Waals surface area contributed by atoms with E-state index in [1.54, 1.807) is 0 Å². The van der Waals surface area contributed by atoms with E-state index in [0.29, 0.717) is 18.0 Å². The summed E-state index contributed by atoms with van der Waals surface area (Å²) in [5, 5.41) is 3.65. The lowest BCUT2D eigenvalue weighted by molar-refractivity contribution is 0.182. The molecule has 1 aromatic carbocycles. The van der Waals surface area contributed by atoms with E-state index in [4.69, 9.17) is 0 Å². The van der Waals surface area contributed by atoms with Gasteiger partial charge in [-0.05, 0) is 37.3 Å². The highest BCUT2D eigenvalue weighted by Gasteiger charge is 2.32.